The van der Waals surface area contributed by atoms with E-state index in [2.05, 4.69) is 32.4 Å². The molecular formula is C18H26N6O2. The fourth-order valence-electron chi connectivity index (χ4n) is 3.06. The average molecular weight is 358 g/mol. The first-order chi connectivity index (χ1) is 12.3. The lowest BCUT2D eigenvalue weighted by atomic mass is 10.0. The summed E-state index contributed by atoms with van der Waals surface area (Å²) in [5, 5.41) is 12.6. The third kappa shape index (κ3) is 4.37. The van der Waals surface area contributed by atoms with Crippen molar-refractivity contribution in [1.29, 1.82) is 0 Å². The zero-order valence-electron chi connectivity index (χ0n) is 15.8. The molecule has 1 unspecified atom stereocenters. The van der Waals surface area contributed by atoms with E-state index in [9.17, 15) is 4.79 Å². The molecule has 26 heavy (non-hydrogen) atoms. The molecule has 1 aliphatic heterocycles. The van der Waals surface area contributed by atoms with Crippen LogP contribution >= 0.6 is 0 Å². The largest absolute Gasteiger partial charge is 0.444 e. The summed E-state index contributed by atoms with van der Waals surface area (Å²) in [5.74, 6) is 0.671. The van der Waals surface area contributed by atoms with Gasteiger partial charge in [-0.05, 0) is 31.5 Å². The molecule has 8 nitrogen and oxygen atoms in total. The molecule has 2 aromatic rings. The van der Waals surface area contributed by atoms with Crippen LogP contribution < -0.4 is 0 Å². The first-order valence-electron chi connectivity index (χ1n) is 8.84. The molecule has 0 saturated carbocycles. The van der Waals surface area contributed by atoms with Crippen LogP contribution in [0.4, 0.5) is 4.79 Å². The molecule has 1 atom stereocenters. The van der Waals surface area contributed by atoms with Crippen molar-refractivity contribution in [3.05, 3.63) is 41.7 Å². The summed E-state index contributed by atoms with van der Waals surface area (Å²) >= 11 is 0. The second-order valence-corrected chi connectivity index (χ2v) is 7.45. The molecule has 3 rings (SSSR count). The predicted molar refractivity (Wildman–Crippen MR) is 96.5 cm³/mol. The van der Waals surface area contributed by atoms with Crippen molar-refractivity contribution in [2.45, 2.75) is 32.4 Å². The van der Waals surface area contributed by atoms with Gasteiger partial charge < -0.3 is 9.64 Å². The van der Waals surface area contributed by atoms with Crippen molar-refractivity contribution in [1.82, 2.24) is 30.0 Å². The number of ether oxygens (including phenoxy) is 1. The first kappa shape index (κ1) is 18.3. The second kappa shape index (κ2) is 7.41. The molecule has 0 bridgehead atoms. The normalized spacial score (nSPS) is 17.2. The van der Waals surface area contributed by atoms with E-state index >= 15 is 0 Å². The monoisotopic (exact) mass is 358 g/mol. The van der Waals surface area contributed by atoms with Crippen molar-refractivity contribution in [3.63, 3.8) is 0 Å². The molecule has 1 aliphatic rings. The third-order valence-electron chi connectivity index (χ3n) is 4.21. The lowest BCUT2D eigenvalue weighted by Gasteiger charge is -2.38. The number of carbonyl (C=O) groups excluding carboxylic acids is 1. The van der Waals surface area contributed by atoms with Gasteiger partial charge in [0.1, 0.15) is 5.60 Å². The summed E-state index contributed by atoms with van der Waals surface area (Å²) in [4.78, 5) is 17.8. The number of piperazine rings is 1. The maximum Gasteiger partial charge on any atom is 0.410 e. The molecule has 140 valence electrons. The Morgan fingerprint density at radius 3 is 2.31 bits per heavy atom. The number of aryl methyl sites for hydroxylation is 1. The molecule has 2 heterocycles. The van der Waals surface area contributed by atoms with Gasteiger partial charge in [-0.15, -0.1) is 10.2 Å². The van der Waals surface area contributed by atoms with Gasteiger partial charge in [0.05, 0.1) is 13.1 Å². The summed E-state index contributed by atoms with van der Waals surface area (Å²) in [6.45, 7) is 8.30. The Bertz CT molecular complexity index is 732. The smallest absolute Gasteiger partial charge is 0.410 e. The molecule has 1 fully saturated rings. The summed E-state index contributed by atoms with van der Waals surface area (Å²) in [5.41, 5.74) is 0.635. The van der Waals surface area contributed by atoms with Crippen LogP contribution in [0, 0.1) is 0 Å². The van der Waals surface area contributed by atoms with Crippen LogP contribution in [-0.4, -0.2) is 67.9 Å². The van der Waals surface area contributed by atoms with E-state index in [0.717, 1.165) is 18.7 Å². The van der Waals surface area contributed by atoms with Gasteiger partial charge in [0.2, 0.25) is 0 Å². The summed E-state index contributed by atoms with van der Waals surface area (Å²) < 4.78 is 5.48. The molecule has 1 saturated heterocycles. The minimum absolute atomic E-state index is 0.0781. The molecule has 0 radical (unpaired) electrons. The van der Waals surface area contributed by atoms with Gasteiger partial charge in [0.15, 0.2) is 5.82 Å². The van der Waals surface area contributed by atoms with Gasteiger partial charge in [0, 0.05) is 26.2 Å². The molecule has 1 aromatic heterocycles. The highest BCUT2D eigenvalue weighted by molar-refractivity contribution is 5.68. The van der Waals surface area contributed by atoms with Crippen LogP contribution in [0.1, 0.15) is 38.2 Å². The third-order valence-corrected chi connectivity index (χ3v) is 4.21. The van der Waals surface area contributed by atoms with Crippen LogP contribution in [0.15, 0.2) is 30.3 Å². The molecule has 8 heteroatoms. The molecule has 0 N–H and O–H groups in total. The lowest BCUT2D eigenvalue weighted by Crippen LogP contribution is -2.51. The van der Waals surface area contributed by atoms with Gasteiger partial charge in [-0.2, -0.15) is 4.80 Å². The SMILES string of the molecule is Cn1nnc(C(c2ccccc2)N2CCN(C(=O)OC(C)(C)C)CC2)n1. The molecule has 0 spiro atoms. The summed E-state index contributed by atoms with van der Waals surface area (Å²) in [7, 11) is 1.76. The topological polar surface area (TPSA) is 76.4 Å². The number of benzene rings is 1. The van der Waals surface area contributed by atoms with Crippen LogP contribution in [0.2, 0.25) is 0 Å². The maximum absolute atomic E-state index is 12.3. The van der Waals surface area contributed by atoms with Gasteiger partial charge in [-0.1, -0.05) is 30.3 Å². The standard InChI is InChI=1S/C18H26N6O2/c1-18(2,3)26-17(25)24-12-10-23(11-13-24)15(14-8-6-5-7-9-14)16-19-21-22(4)20-16/h5-9,15H,10-13H2,1-4H3. The van der Waals surface area contributed by atoms with E-state index in [1.54, 1.807) is 11.9 Å². The van der Waals surface area contributed by atoms with Crippen molar-refractivity contribution < 1.29 is 9.53 Å². The number of amides is 1. The Kier molecular flexibility index (Phi) is 5.22. The zero-order chi connectivity index (χ0) is 18.7. The van der Waals surface area contributed by atoms with Gasteiger partial charge in [0.25, 0.3) is 0 Å². The highest BCUT2D eigenvalue weighted by Crippen LogP contribution is 2.27. The quantitative estimate of drug-likeness (QED) is 0.833. The number of nitrogens with zero attached hydrogens (tertiary/aromatic N) is 6. The second-order valence-electron chi connectivity index (χ2n) is 7.45. The van der Waals surface area contributed by atoms with Crippen LogP contribution in [0.5, 0.6) is 0 Å². The fourth-order valence-corrected chi connectivity index (χ4v) is 3.06. The van der Waals surface area contributed by atoms with Crippen LogP contribution in [0.3, 0.4) is 0 Å². The number of tetrazole rings is 1. The summed E-state index contributed by atoms with van der Waals surface area (Å²) in [6, 6.07) is 10.1. The Labute approximate surface area is 153 Å². The minimum atomic E-state index is -0.482. The van der Waals surface area contributed by atoms with Crippen LogP contribution in [0.25, 0.3) is 0 Å². The number of aromatic nitrogens is 4. The van der Waals surface area contributed by atoms with E-state index < -0.39 is 5.60 Å². The van der Waals surface area contributed by atoms with Gasteiger partial charge in [-0.25, -0.2) is 4.79 Å². The van der Waals surface area contributed by atoms with E-state index in [4.69, 9.17) is 4.74 Å². The Morgan fingerprint density at radius 2 is 1.77 bits per heavy atom. The Morgan fingerprint density at radius 1 is 1.12 bits per heavy atom. The average Bonchev–Trinajstić information content (AvgIpc) is 3.01. The van der Waals surface area contributed by atoms with E-state index in [-0.39, 0.29) is 12.1 Å². The molecule has 1 aromatic carbocycles. The molecule has 1 amide bonds. The van der Waals surface area contributed by atoms with Crippen molar-refractivity contribution in [3.8, 4) is 0 Å². The number of hydrogen-bond acceptors (Lipinski definition) is 6. The summed E-state index contributed by atoms with van der Waals surface area (Å²) in [6.07, 6.45) is -0.258. The minimum Gasteiger partial charge on any atom is -0.444 e. The van der Waals surface area contributed by atoms with Gasteiger partial charge in [-0.3, -0.25) is 4.90 Å². The van der Waals surface area contributed by atoms with Crippen LogP contribution in [-0.2, 0) is 11.8 Å². The zero-order valence-corrected chi connectivity index (χ0v) is 15.8. The highest BCUT2D eigenvalue weighted by Gasteiger charge is 2.32. The molecular weight excluding hydrogens is 332 g/mol. The van der Waals surface area contributed by atoms with Crippen molar-refractivity contribution in [2.24, 2.45) is 7.05 Å². The fraction of sp³-hybridized carbons (Fsp3) is 0.556. The van der Waals surface area contributed by atoms with E-state index in [1.807, 2.05) is 39.0 Å². The number of rotatable bonds is 3. The van der Waals surface area contributed by atoms with Crippen molar-refractivity contribution >= 4 is 6.09 Å². The van der Waals surface area contributed by atoms with Crippen molar-refractivity contribution in [2.75, 3.05) is 26.2 Å². The molecule has 0 aliphatic carbocycles. The predicted octanol–water partition coefficient (Wildman–Crippen LogP) is 1.85. The van der Waals surface area contributed by atoms with E-state index in [1.165, 1.54) is 4.80 Å². The first-order valence-corrected chi connectivity index (χ1v) is 8.84. The highest BCUT2D eigenvalue weighted by atomic mass is 16.6. The van der Waals surface area contributed by atoms with E-state index in [0.29, 0.717) is 18.9 Å². The Hall–Kier alpha value is -2.48. The van der Waals surface area contributed by atoms with Gasteiger partial charge >= 0.3 is 6.09 Å². The Balaban J connectivity index is 1.73. The lowest BCUT2D eigenvalue weighted by molar-refractivity contribution is 0.0116. The number of hydrogen-bond donors (Lipinski definition) is 0. The maximum atomic E-state index is 12.3. The number of carbonyl (C=O) groups is 1.